The molecule has 0 unspecified atom stereocenters. The number of benzene rings is 1. The maximum absolute atomic E-state index is 11.4. The van der Waals surface area contributed by atoms with Crippen molar-refractivity contribution in [1.82, 2.24) is 9.97 Å². The van der Waals surface area contributed by atoms with Gasteiger partial charge in [-0.2, -0.15) is 13.5 Å². The standard InChI is InChI=1S/C17H14N4O3S.H2O/c22-25(23,24)14-7-5-6-13(12-14)17(15-8-1-3-10-18-15)21-20-16-9-2-4-11-19-16;/h1-12H,(H,19,20)(H,22,23,24);1H2/b21-17-;. The van der Waals surface area contributed by atoms with Crippen LogP contribution >= 0.6 is 0 Å². The quantitative estimate of drug-likeness (QED) is 0.398. The summed E-state index contributed by atoms with van der Waals surface area (Å²) in [5.74, 6) is 0.530. The van der Waals surface area contributed by atoms with Gasteiger partial charge in [-0.3, -0.25) is 15.0 Å². The van der Waals surface area contributed by atoms with Gasteiger partial charge in [-0.05, 0) is 36.4 Å². The van der Waals surface area contributed by atoms with E-state index in [1.54, 1.807) is 48.8 Å². The Morgan fingerprint density at radius 1 is 0.962 bits per heavy atom. The highest BCUT2D eigenvalue weighted by molar-refractivity contribution is 7.85. The van der Waals surface area contributed by atoms with Gasteiger partial charge in [0.05, 0.1) is 10.6 Å². The van der Waals surface area contributed by atoms with Gasteiger partial charge in [-0.25, -0.2) is 4.98 Å². The normalized spacial score (nSPS) is 11.5. The Kier molecular flexibility index (Phi) is 6.12. The van der Waals surface area contributed by atoms with E-state index in [2.05, 4.69) is 20.5 Å². The van der Waals surface area contributed by atoms with Crippen molar-refractivity contribution in [1.29, 1.82) is 0 Å². The van der Waals surface area contributed by atoms with E-state index in [1.165, 1.54) is 18.2 Å². The number of nitrogens with one attached hydrogen (secondary N) is 1. The van der Waals surface area contributed by atoms with Crippen LogP contribution in [0, 0.1) is 0 Å². The third-order valence-electron chi connectivity index (χ3n) is 3.26. The predicted molar refractivity (Wildman–Crippen MR) is 97.6 cm³/mol. The Morgan fingerprint density at radius 3 is 2.31 bits per heavy atom. The topological polar surface area (TPSA) is 136 Å². The summed E-state index contributed by atoms with van der Waals surface area (Å²) in [6.07, 6.45) is 3.23. The molecule has 3 aromatic rings. The summed E-state index contributed by atoms with van der Waals surface area (Å²) in [7, 11) is -4.32. The van der Waals surface area contributed by atoms with Crippen molar-refractivity contribution in [2.24, 2.45) is 5.10 Å². The number of rotatable bonds is 5. The average molecular weight is 372 g/mol. The minimum Gasteiger partial charge on any atom is -0.412 e. The SMILES string of the molecule is O.O=S(=O)(O)c1cccc(/C(=N/Nc2ccccn2)c2ccccn2)c1. The zero-order valence-electron chi connectivity index (χ0n) is 13.4. The summed E-state index contributed by atoms with van der Waals surface area (Å²) in [6.45, 7) is 0. The first-order chi connectivity index (χ1) is 12.0. The summed E-state index contributed by atoms with van der Waals surface area (Å²) in [4.78, 5) is 8.16. The van der Waals surface area contributed by atoms with Crippen molar-refractivity contribution in [3.05, 3.63) is 84.3 Å². The molecule has 0 saturated heterocycles. The number of hydrogen-bond donors (Lipinski definition) is 2. The van der Waals surface area contributed by atoms with E-state index in [9.17, 15) is 13.0 Å². The molecular weight excluding hydrogens is 356 g/mol. The first kappa shape index (κ1) is 19.2. The monoisotopic (exact) mass is 372 g/mol. The minimum absolute atomic E-state index is 0. The van der Waals surface area contributed by atoms with Gasteiger partial charge >= 0.3 is 0 Å². The summed E-state index contributed by atoms with van der Waals surface area (Å²) in [5, 5.41) is 4.32. The second kappa shape index (κ2) is 8.30. The molecule has 0 fully saturated rings. The summed E-state index contributed by atoms with van der Waals surface area (Å²) < 4.78 is 32.1. The van der Waals surface area contributed by atoms with E-state index in [4.69, 9.17) is 0 Å². The van der Waals surface area contributed by atoms with E-state index in [0.717, 1.165) is 0 Å². The summed E-state index contributed by atoms with van der Waals surface area (Å²) in [5.41, 5.74) is 4.26. The van der Waals surface area contributed by atoms with Crippen LogP contribution in [0.3, 0.4) is 0 Å². The molecule has 8 nitrogen and oxygen atoms in total. The van der Waals surface area contributed by atoms with Crippen LogP contribution in [0.5, 0.6) is 0 Å². The van der Waals surface area contributed by atoms with Crippen LogP contribution < -0.4 is 5.43 Å². The molecule has 0 spiro atoms. The van der Waals surface area contributed by atoms with E-state index in [-0.39, 0.29) is 10.4 Å². The molecule has 3 rings (SSSR count). The smallest absolute Gasteiger partial charge is 0.294 e. The van der Waals surface area contributed by atoms with Gasteiger partial charge in [0.25, 0.3) is 10.1 Å². The fraction of sp³-hybridized carbons (Fsp3) is 0. The molecule has 1 aromatic carbocycles. The van der Waals surface area contributed by atoms with Crippen molar-refractivity contribution < 1.29 is 18.4 Å². The predicted octanol–water partition coefficient (Wildman–Crippen LogP) is 1.76. The van der Waals surface area contributed by atoms with Crippen LogP contribution in [-0.4, -0.2) is 34.1 Å². The molecule has 26 heavy (non-hydrogen) atoms. The Morgan fingerprint density at radius 2 is 1.69 bits per heavy atom. The van der Waals surface area contributed by atoms with Crippen LogP contribution in [0.4, 0.5) is 5.82 Å². The fourth-order valence-corrected chi connectivity index (χ4v) is 2.64. The highest BCUT2D eigenvalue weighted by Gasteiger charge is 2.14. The number of anilines is 1. The molecule has 0 bridgehead atoms. The van der Waals surface area contributed by atoms with Gasteiger partial charge < -0.3 is 5.48 Å². The summed E-state index contributed by atoms with van der Waals surface area (Å²) in [6, 6.07) is 16.5. The van der Waals surface area contributed by atoms with E-state index in [1.807, 2.05) is 6.07 Å². The van der Waals surface area contributed by atoms with Crippen LogP contribution in [0.1, 0.15) is 11.3 Å². The maximum atomic E-state index is 11.4. The molecule has 2 heterocycles. The molecule has 2 aromatic heterocycles. The lowest BCUT2D eigenvalue weighted by molar-refractivity contribution is 0.483. The molecular formula is C17H16N4O4S. The molecule has 0 amide bonds. The van der Waals surface area contributed by atoms with Crippen LogP contribution in [0.2, 0.25) is 0 Å². The third kappa shape index (κ3) is 4.70. The molecule has 134 valence electrons. The number of hydrogen-bond acceptors (Lipinski definition) is 6. The van der Waals surface area contributed by atoms with E-state index in [0.29, 0.717) is 22.8 Å². The first-order valence-corrected chi connectivity index (χ1v) is 8.72. The Balaban J connectivity index is 0.00000243. The van der Waals surface area contributed by atoms with E-state index < -0.39 is 10.1 Å². The average Bonchev–Trinajstić information content (AvgIpc) is 2.63. The van der Waals surface area contributed by atoms with Crippen molar-refractivity contribution in [3.8, 4) is 0 Å². The lowest BCUT2D eigenvalue weighted by Crippen LogP contribution is -2.10. The molecule has 0 atom stereocenters. The molecule has 0 radical (unpaired) electrons. The van der Waals surface area contributed by atoms with Crippen LogP contribution in [-0.2, 0) is 10.1 Å². The van der Waals surface area contributed by atoms with Gasteiger partial charge in [-0.1, -0.05) is 24.3 Å². The van der Waals surface area contributed by atoms with Crippen molar-refractivity contribution in [2.45, 2.75) is 4.90 Å². The molecule has 0 aliphatic rings. The molecule has 0 saturated carbocycles. The lowest BCUT2D eigenvalue weighted by Gasteiger charge is -2.08. The summed E-state index contributed by atoms with van der Waals surface area (Å²) >= 11 is 0. The van der Waals surface area contributed by atoms with Crippen molar-refractivity contribution in [2.75, 3.05) is 5.43 Å². The molecule has 4 N–H and O–H groups in total. The van der Waals surface area contributed by atoms with Crippen LogP contribution in [0.15, 0.2) is 83.1 Å². The highest BCUT2D eigenvalue weighted by atomic mass is 32.2. The van der Waals surface area contributed by atoms with E-state index >= 15 is 0 Å². The highest BCUT2D eigenvalue weighted by Crippen LogP contribution is 2.15. The first-order valence-electron chi connectivity index (χ1n) is 7.28. The third-order valence-corrected chi connectivity index (χ3v) is 4.11. The van der Waals surface area contributed by atoms with Crippen molar-refractivity contribution >= 4 is 21.6 Å². The maximum Gasteiger partial charge on any atom is 0.294 e. The molecule has 0 aliphatic carbocycles. The molecule has 9 heteroatoms. The minimum atomic E-state index is -4.32. The van der Waals surface area contributed by atoms with Gasteiger partial charge in [0, 0.05) is 18.0 Å². The second-order valence-electron chi connectivity index (χ2n) is 5.01. The number of hydrazone groups is 1. The van der Waals surface area contributed by atoms with Gasteiger partial charge in [0.2, 0.25) is 0 Å². The van der Waals surface area contributed by atoms with Crippen molar-refractivity contribution in [3.63, 3.8) is 0 Å². The lowest BCUT2D eigenvalue weighted by atomic mass is 10.1. The Labute approximate surface area is 150 Å². The number of pyridine rings is 2. The zero-order valence-corrected chi connectivity index (χ0v) is 14.3. The van der Waals surface area contributed by atoms with Gasteiger partial charge in [-0.15, -0.1) is 0 Å². The Bertz CT molecular complexity index is 994. The fourth-order valence-electron chi connectivity index (χ4n) is 2.12. The van der Waals surface area contributed by atoms with Gasteiger partial charge in [0.15, 0.2) is 0 Å². The number of aromatic nitrogens is 2. The Hall–Kier alpha value is -3.14. The molecule has 0 aliphatic heterocycles. The van der Waals surface area contributed by atoms with Gasteiger partial charge in [0.1, 0.15) is 11.5 Å². The number of nitrogens with zero attached hydrogens (tertiary/aromatic N) is 3. The largest absolute Gasteiger partial charge is 0.412 e. The second-order valence-corrected chi connectivity index (χ2v) is 6.43. The van der Waals surface area contributed by atoms with Crippen LogP contribution in [0.25, 0.3) is 0 Å². The zero-order chi connectivity index (χ0) is 17.7.